The standard InChI is InChI=1S/C29H37N5O5S/c1-3-17(2)25(29(38)39)34-27(36)23(14-19-15-31-22-12-8-7-11-20(19)22)32-28(37)24(16-40)33-26(35)21(30)13-18-9-5-4-6-10-18/h4-12,15,17,21,23-25,31,40H,3,13-14,16,30H2,1-2H3,(H,32,37)(H,33,35)(H,34,36)(H,38,39). The van der Waals surface area contributed by atoms with Gasteiger partial charge in [0.15, 0.2) is 0 Å². The quantitative estimate of drug-likeness (QED) is 0.147. The minimum Gasteiger partial charge on any atom is -0.480 e. The summed E-state index contributed by atoms with van der Waals surface area (Å²) in [5.41, 5.74) is 8.58. The van der Waals surface area contributed by atoms with E-state index in [1.807, 2.05) is 61.5 Å². The molecule has 0 aliphatic carbocycles. The fourth-order valence-corrected chi connectivity index (χ4v) is 4.63. The van der Waals surface area contributed by atoms with Gasteiger partial charge in [0.05, 0.1) is 6.04 Å². The van der Waals surface area contributed by atoms with Gasteiger partial charge in [-0.1, -0.05) is 68.8 Å². The van der Waals surface area contributed by atoms with Gasteiger partial charge >= 0.3 is 5.97 Å². The average Bonchev–Trinajstić information content (AvgIpc) is 3.36. The van der Waals surface area contributed by atoms with Gasteiger partial charge in [-0.25, -0.2) is 4.79 Å². The smallest absolute Gasteiger partial charge is 0.326 e. The number of thiol groups is 1. The summed E-state index contributed by atoms with van der Waals surface area (Å²) in [5.74, 6) is -3.34. The van der Waals surface area contributed by atoms with Gasteiger partial charge in [-0.3, -0.25) is 14.4 Å². The Morgan fingerprint density at radius 2 is 1.52 bits per heavy atom. The maximum atomic E-state index is 13.4. The Labute approximate surface area is 238 Å². The summed E-state index contributed by atoms with van der Waals surface area (Å²) in [5, 5.41) is 18.5. The van der Waals surface area contributed by atoms with Crippen LogP contribution in [0.5, 0.6) is 0 Å². The van der Waals surface area contributed by atoms with E-state index in [2.05, 4.69) is 33.6 Å². The number of aliphatic carboxylic acids is 1. The van der Waals surface area contributed by atoms with Crippen molar-refractivity contribution in [2.45, 2.75) is 57.3 Å². The van der Waals surface area contributed by atoms with Crippen LogP contribution in [0.15, 0.2) is 60.8 Å². The van der Waals surface area contributed by atoms with Crippen molar-refractivity contribution < 1.29 is 24.3 Å². The van der Waals surface area contributed by atoms with Crippen molar-refractivity contribution in [3.05, 3.63) is 71.9 Å². The molecule has 1 aromatic heterocycles. The van der Waals surface area contributed by atoms with E-state index < -0.39 is 47.9 Å². The first kappa shape index (κ1) is 30.7. The number of H-pyrrole nitrogens is 1. The van der Waals surface area contributed by atoms with Crippen LogP contribution in [0.1, 0.15) is 31.4 Å². The molecule has 7 N–H and O–H groups in total. The van der Waals surface area contributed by atoms with E-state index in [0.29, 0.717) is 6.42 Å². The van der Waals surface area contributed by atoms with E-state index in [0.717, 1.165) is 22.0 Å². The minimum absolute atomic E-state index is 0.0400. The fourth-order valence-electron chi connectivity index (χ4n) is 4.37. The maximum Gasteiger partial charge on any atom is 0.326 e. The van der Waals surface area contributed by atoms with E-state index in [9.17, 15) is 24.3 Å². The second-order valence-electron chi connectivity index (χ2n) is 9.87. The number of carboxylic acid groups (broad SMARTS) is 1. The van der Waals surface area contributed by atoms with Gasteiger partial charge in [-0.05, 0) is 29.5 Å². The lowest BCUT2D eigenvalue weighted by Crippen LogP contribution is -2.58. The average molecular weight is 568 g/mol. The summed E-state index contributed by atoms with van der Waals surface area (Å²) in [6.07, 6.45) is 2.66. The molecule has 0 saturated carbocycles. The molecule has 0 saturated heterocycles. The summed E-state index contributed by atoms with van der Waals surface area (Å²) in [4.78, 5) is 54.5. The summed E-state index contributed by atoms with van der Waals surface area (Å²) in [6, 6.07) is 12.6. The Hall–Kier alpha value is -3.83. The SMILES string of the molecule is CCC(C)C(NC(=O)C(Cc1c[nH]c2ccccc12)NC(=O)C(CS)NC(=O)C(N)Cc1ccccc1)C(=O)O. The fraction of sp³-hybridized carbons (Fsp3) is 0.379. The Kier molecular flexibility index (Phi) is 11.2. The molecule has 3 aromatic rings. The van der Waals surface area contributed by atoms with Crippen molar-refractivity contribution in [2.24, 2.45) is 11.7 Å². The number of carboxylic acids is 1. The molecule has 11 heteroatoms. The van der Waals surface area contributed by atoms with Gasteiger partial charge in [0.1, 0.15) is 18.1 Å². The summed E-state index contributed by atoms with van der Waals surface area (Å²) < 4.78 is 0. The van der Waals surface area contributed by atoms with Gasteiger partial charge in [0, 0.05) is 29.3 Å². The second-order valence-corrected chi connectivity index (χ2v) is 10.2. The number of rotatable bonds is 14. The number of hydrogen-bond donors (Lipinski definition) is 7. The summed E-state index contributed by atoms with van der Waals surface area (Å²) >= 11 is 4.23. The monoisotopic (exact) mass is 567 g/mol. The van der Waals surface area contributed by atoms with Gasteiger partial charge in [-0.15, -0.1) is 0 Å². The highest BCUT2D eigenvalue weighted by molar-refractivity contribution is 7.80. The number of amides is 3. The molecule has 0 radical (unpaired) electrons. The van der Waals surface area contributed by atoms with Crippen molar-refractivity contribution in [3.63, 3.8) is 0 Å². The number of fused-ring (bicyclic) bond motifs is 1. The Morgan fingerprint density at radius 3 is 2.17 bits per heavy atom. The molecule has 0 aliphatic heterocycles. The molecule has 214 valence electrons. The number of nitrogens with two attached hydrogens (primary N) is 1. The van der Waals surface area contributed by atoms with Crippen LogP contribution < -0.4 is 21.7 Å². The summed E-state index contributed by atoms with van der Waals surface area (Å²) in [7, 11) is 0. The first-order valence-corrected chi connectivity index (χ1v) is 13.9. The molecule has 40 heavy (non-hydrogen) atoms. The number of aromatic nitrogens is 1. The van der Waals surface area contributed by atoms with Crippen LogP contribution in [-0.4, -0.2) is 63.7 Å². The lowest BCUT2D eigenvalue weighted by atomic mass is 9.98. The highest BCUT2D eigenvalue weighted by atomic mass is 32.1. The van der Waals surface area contributed by atoms with Gasteiger partial charge in [-0.2, -0.15) is 12.6 Å². The largest absolute Gasteiger partial charge is 0.480 e. The molecule has 3 rings (SSSR count). The minimum atomic E-state index is -1.16. The predicted molar refractivity (Wildman–Crippen MR) is 157 cm³/mol. The highest BCUT2D eigenvalue weighted by Crippen LogP contribution is 2.19. The Morgan fingerprint density at radius 1 is 0.900 bits per heavy atom. The van der Waals surface area contributed by atoms with Crippen LogP contribution in [0.2, 0.25) is 0 Å². The van der Waals surface area contributed by atoms with Crippen molar-refractivity contribution in [1.29, 1.82) is 0 Å². The first-order valence-electron chi connectivity index (χ1n) is 13.2. The molecule has 0 bridgehead atoms. The normalized spacial score (nSPS) is 14.9. The number of para-hydroxylation sites is 1. The highest BCUT2D eigenvalue weighted by Gasteiger charge is 2.32. The van der Waals surface area contributed by atoms with Crippen LogP contribution in [0.25, 0.3) is 10.9 Å². The Balaban J connectivity index is 1.77. The Bertz CT molecular complexity index is 1310. The van der Waals surface area contributed by atoms with Crippen molar-refractivity contribution in [1.82, 2.24) is 20.9 Å². The number of hydrogen-bond acceptors (Lipinski definition) is 6. The molecule has 10 nitrogen and oxygen atoms in total. The number of carbonyl (C=O) groups excluding carboxylic acids is 3. The molecule has 5 atom stereocenters. The van der Waals surface area contributed by atoms with Crippen LogP contribution in [0.3, 0.4) is 0 Å². The van der Waals surface area contributed by atoms with E-state index in [1.165, 1.54) is 0 Å². The zero-order valence-electron chi connectivity index (χ0n) is 22.6. The third-order valence-electron chi connectivity index (χ3n) is 6.96. The molecule has 3 amide bonds. The topological polar surface area (TPSA) is 166 Å². The van der Waals surface area contributed by atoms with Crippen LogP contribution in [0.4, 0.5) is 0 Å². The van der Waals surface area contributed by atoms with E-state index in [1.54, 1.807) is 13.1 Å². The zero-order chi connectivity index (χ0) is 29.2. The first-order chi connectivity index (χ1) is 19.1. The molecule has 0 aliphatic rings. The van der Waals surface area contributed by atoms with Crippen molar-refractivity contribution >= 4 is 47.2 Å². The molecule has 2 aromatic carbocycles. The second kappa shape index (κ2) is 14.5. The number of carbonyl (C=O) groups is 4. The number of nitrogens with one attached hydrogen (secondary N) is 4. The molecule has 1 heterocycles. The zero-order valence-corrected chi connectivity index (χ0v) is 23.5. The molecule has 0 spiro atoms. The third-order valence-corrected chi connectivity index (χ3v) is 7.32. The van der Waals surface area contributed by atoms with Gasteiger partial charge < -0.3 is 31.8 Å². The molecular formula is C29H37N5O5S. The lowest BCUT2D eigenvalue weighted by Gasteiger charge is -2.26. The van der Waals surface area contributed by atoms with Gasteiger partial charge in [0.25, 0.3) is 0 Å². The van der Waals surface area contributed by atoms with Crippen molar-refractivity contribution in [3.8, 4) is 0 Å². The predicted octanol–water partition coefficient (Wildman–Crippen LogP) is 1.80. The number of benzene rings is 2. The lowest BCUT2D eigenvalue weighted by molar-refractivity contribution is -0.143. The van der Waals surface area contributed by atoms with Crippen LogP contribution >= 0.6 is 12.6 Å². The summed E-state index contributed by atoms with van der Waals surface area (Å²) in [6.45, 7) is 3.57. The molecular weight excluding hydrogens is 530 g/mol. The third kappa shape index (κ3) is 8.09. The van der Waals surface area contributed by atoms with E-state index in [-0.39, 0.29) is 24.5 Å². The van der Waals surface area contributed by atoms with Crippen molar-refractivity contribution in [2.75, 3.05) is 5.75 Å². The maximum absolute atomic E-state index is 13.4. The number of aromatic amines is 1. The molecule has 5 unspecified atom stereocenters. The van der Waals surface area contributed by atoms with E-state index in [4.69, 9.17) is 5.73 Å². The van der Waals surface area contributed by atoms with Crippen LogP contribution in [0, 0.1) is 5.92 Å². The van der Waals surface area contributed by atoms with Crippen LogP contribution in [-0.2, 0) is 32.0 Å². The molecule has 0 fully saturated rings. The van der Waals surface area contributed by atoms with E-state index >= 15 is 0 Å². The van der Waals surface area contributed by atoms with Gasteiger partial charge in [0.2, 0.25) is 17.7 Å².